The van der Waals surface area contributed by atoms with E-state index in [0.29, 0.717) is 18.1 Å². The molecule has 0 aromatic carbocycles. The number of carbonyl (C=O) groups excluding carboxylic acids is 1. The van der Waals surface area contributed by atoms with E-state index < -0.39 is 0 Å². The Morgan fingerprint density at radius 2 is 1.95 bits per heavy atom. The first kappa shape index (κ1) is 14.8. The number of likely N-dealkylation sites (tertiary alicyclic amines) is 1. The molecule has 2 saturated heterocycles. The van der Waals surface area contributed by atoms with E-state index in [-0.39, 0.29) is 11.9 Å². The van der Waals surface area contributed by atoms with Crippen LogP contribution in [0.25, 0.3) is 0 Å². The maximum Gasteiger partial charge on any atom is 0.237 e. The molecule has 110 valence electrons. The van der Waals surface area contributed by atoms with Gasteiger partial charge in [0.05, 0.1) is 6.04 Å². The van der Waals surface area contributed by atoms with Crippen molar-refractivity contribution < 1.29 is 4.79 Å². The molecule has 0 spiro atoms. The Morgan fingerprint density at radius 3 is 2.53 bits per heavy atom. The molecule has 4 unspecified atom stereocenters. The molecule has 2 aliphatic rings. The summed E-state index contributed by atoms with van der Waals surface area (Å²) in [7, 11) is 0. The van der Waals surface area contributed by atoms with Gasteiger partial charge in [0.15, 0.2) is 0 Å². The Labute approximate surface area is 117 Å². The van der Waals surface area contributed by atoms with E-state index in [1.807, 2.05) is 6.92 Å². The third kappa shape index (κ3) is 3.69. The van der Waals surface area contributed by atoms with Crippen molar-refractivity contribution in [3.8, 4) is 0 Å². The van der Waals surface area contributed by atoms with E-state index >= 15 is 0 Å². The van der Waals surface area contributed by atoms with Crippen LogP contribution < -0.4 is 10.6 Å². The lowest BCUT2D eigenvalue weighted by molar-refractivity contribution is -0.127. The van der Waals surface area contributed by atoms with Gasteiger partial charge in [-0.1, -0.05) is 6.42 Å². The molecular formula is C15H29N3O. The summed E-state index contributed by atoms with van der Waals surface area (Å²) in [6.45, 7) is 8.38. The zero-order chi connectivity index (χ0) is 13.8. The van der Waals surface area contributed by atoms with Gasteiger partial charge in [0.1, 0.15) is 0 Å². The molecule has 0 aromatic heterocycles. The highest BCUT2D eigenvalue weighted by atomic mass is 16.2. The summed E-state index contributed by atoms with van der Waals surface area (Å²) in [5.74, 6) is 0.188. The molecule has 4 heteroatoms. The van der Waals surface area contributed by atoms with E-state index in [0.717, 1.165) is 13.1 Å². The van der Waals surface area contributed by atoms with Gasteiger partial charge in [-0.05, 0) is 53.0 Å². The fourth-order valence-electron chi connectivity index (χ4n) is 3.58. The summed E-state index contributed by atoms with van der Waals surface area (Å²) in [5.41, 5.74) is 0. The first-order valence-electron chi connectivity index (χ1n) is 7.88. The van der Waals surface area contributed by atoms with Crippen molar-refractivity contribution in [3.05, 3.63) is 0 Å². The van der Waals surface area contributed by atoms with Crippen LogP contribution in [0, 0.1) is 0 Å². The van der Waals surface area contributed by atoms with Crippen molar-refractivity contribution in [1.29, 1.82) is 0 Å². The number of amides is 1. The normalized spacial score (nSPS) is 34.2. The van der Waals surface area contributed by atoms with E-state index in [9.17, 15) is 4.79 Å². The number of carbonyl (C=O) groups is 1. The molecule has 0 aliphatic carbocycles. The fraction of sp³-hybridized carbons (Fsp3) is 0.933. The minimum atomic E-state index is -0.00362. The highest BCUT2D eigenvalue weighted by molar-refractivity contribution is 5.81. The summed E-state index contributed by atoms with van der Waals surface area (Å²) >= 11 is 0. The van der Waals surface area contributed by atoms with Crippen LogP contribution in [0.4, 0.5) is 0 Å². The van der Waals surface area contributed by atoms with Crippen LogP contribution >= 0.6 is 0 Å². The number of hydrogen-bond donors (Lipinski definition) is 2. The highest BCUT2D eigenvalue weighted by Crippen LogP contribution is 2.25. The topological polar surface area (TPSA) is 44.4 Å². The highest BCUT2D eigenvalue weighted by Gasteiger charge is 2.34. The third-order valence-corrected chi connectivity index (χ3v) is 4.78. The van der Waals surface area contributed by atoms with Crippen molar-refractivity contribution in [2.45, 2.75) is 77.0 Å². The Morgan fingerprint density at radius 1 is 1.26 bits per heavy atom. The van der Waals surface area contributed by atoms with Gasteiger partial charge < -0.3 is 10.6 Å². The van der Waals surface area contributed by atoms with Gasteiger partial charge in [0, 0.05) is 24.7 Å². The van der Waals surface area contributed by atoms with Crippen LogP contribution in [0.3, 0.4) is 0 Å². The minimum absolute atomic E-state index is 0.00362. The molecule has 0 radical (unpaired) electrons. The molecule has 2 rings (SSSR count). The molecule has 4 atom stereocenters. The van der Waals surface area contributed by atoms with Crippen molar-refractivity contribution in [2.75, 3.05) is 13.1 Å². The van der Waals surface area contributed by atoms with Gasteiger partial charge in [0.2, 0.25) is 5.91 Å². The lowest BCUT2D eigenvalue weighted by Gasteiger charge is -2.32. The fourth-order valence-corrected chi connectivity index (χ4v) is 3.58. The van der Waals surface area contributed by atoms with Gasteiger partial charge >= 0.3 is 0 Å². The van der Waals surface area contributed by atoms with Gasteiger partial charge in [-0.15, -0.1) is 0 Å². The largest absolute Gasteiger partial charge is 0.353 e. The molecule has 0 aromatic rings. The predicted octanol–water partition coefficient (Wildman–Crippen LogP) is 1.51. The smallest absolute Gasteiger partial charge is 0.237 e. The number of rotatable bonds is 4. The summed E-state index contributed by atoms with van der Waals surface area (Å²) < 4.78 is 0. The summed E-state index contributed by atoms with van der Waals surface area (Å²) in [5, 5.41) is 6.60. The van der Waals surface area contributed by atoms with E-state index in [2.05, 4.69) is 29.4 Å². The molecule has 0 bridgehead atoms. The SMILES string of the molecule is CC1CCC(C)N1C(C)C(=O)NCC1CCCCN1. The van der Waals surface area contributed by atoms with Crippen molar-refractivity contribution in [1.82, 2.24) is 15.5 Å². The number of hydrogen-bond acceptors (Lipinski definition) is 3. The Hall–Kier alpha value is -0.610. The average molecular weight is 267 g/mol. The maximum atomic E-state index is 12.3. The second-order valence-corrected chi connectivity index (χ2v) is 6.29. The lowest BCUT2D eigenvalue weighted by Crippen LogP contribution is -2.52. The second-order valence-electron chi connectivity index (χ2n) is 6.29. The van der Waals surface area contributed by atoms with E-state index in [1.165, 1.54) is 32.1 Å². The number of nitrogens with zero attached hydrogens (tertiary/aromatic N) is 1. The number of piperidine rings is 1. The standard InChI is InChI=1S/C15H29N3O/c1-11-7-8-12(2)18(11)13(3)15(19)17-10-14-6-4-5-9-16-14/h11-14,16H,4-10H2,1-3H3,(H,17,19). The quantitative estimate of drug-likeness (QED) is 0.811. The first-order chi connectivity index (χ1) is 9.09. The molecule has 4 nitrogen and oxygen atoms in total. The average Bonchev–Trinajstić information content (AvgIpc) is 2.76. The molecule has 2 fully saturated rings. The molecule has 0 saturated carbocycles. The van der Waals surface area contributed by atoms with Crippen molar-refractivity contribution in [2.24, 2.45) is 0 Å². The monoisotopic (exact) mass is 267 g/mol. The van der Waals surface area contributed by atoms with Gasteiger partial charge in [-0.2, -0.15) is 0 Å². The molecule has 2 heterocycles. The molecule has 1 amide bonds. The van der Waals surface area contributed by atoms with Crippen LogP contribution in [0.1, 0.15) is 52.9 Å². The van der Waals surface area contributed by atoms with Gasteiger partial charge in [0.25, 0.3) is 0 Å². The Bertz CT molecular complexity index is 292. The van der Waals surface area contributed by atoms with Crippen molar-refractivity contribution in [3.63, 3.8) is 0 Å². The molecule has 19 heavy (non-hydrogen) atoms. The first-order valence-corrected chi connectivity index (χ1v) is 7.88. The van der Waals surface area contributed by atoms with Gasteiger partial charge in [-0.25, -0.2) is 0 Å². The summed E-state index contributed by atoms with van der Waals surface area (Å²) in [4.78, 5) is 14.6. The second kappa shape index (κ2) is 6.71. The number of nitrogens with one attached hydrogen (secondary N) is 2. The van der Waals surface area contributed by atoms with Crippen LogP contribution in [0.2, 0.25) is 0 Å². The zero-order valence-electron chi connectivity index (χ0n) is 12.6. The lowest BCUT2D eigenvalue weighted by atomic mass is 10.0. The third-order valence-electron chi connectivity index (χ3n) is 4.78. The Balaban J connectivity index is 1.78. The summed E-state index contributed by atoms with van der Waals surface area (Å²) in [6, 6.07) is 1.53. The van der Waals surface area contributed by atoms with Crippen LogP contribution in [0.5, 0.6) is 0 Å². The maximum absolute atomic E-state index is 12.3. The van der Waals surface area contributed by atoms with Crippen molar-refractivity contribution >= 4 is 5.91 Å². The van der Waals surface area contributed by atoms with E-state index in [1.54, 1.807) is 0 Å². The zero-order valence-corrected chi connectivity index (χ0v) is 12.6. The van der Waals surface area contributed by atoms with E-state index in [4.69, 9.17) is 0 Å². The van der Waals surface area contributed by atoms with Crippen LogP contribution in [-0.2, 0) is 4.79 Å². The Kier molecular flexibility index (Phi) is 5.22. The minimum Gasteiger partial charge on any atom is -0.353 e. The molecule has 2 aliphatic heterocycles. The van der Waals surface area contributed by atoms with Gasteiger partial charge in [-0.3, -0.25) is 9.69 Å². The summed E-state index contributed by atoms with van der Waals surface area (Å²) in [6.07, 6.45) is 6.16. The molecular weight excluding hydrogens is 238 g/mol. The van der Waals surface area contributed by atoms with Crippen LogP contribution in [0.15, 0.2) is 0 Å². The molecule has 2 N–H and O–H groups in total. The predicted molar refractivity (Wildman–Crippen MR) is 78.1 cm³/mol. The van der Waals surface area contributed by atoms with Crippen LogP contribution in [-0.4, -0.2) is 48.1 Å².